The van der Waals surface area contributed by atoms with E-state index in [1.165, 1.54) is 25.7 Å². The molecule has 0 aromatic rings. The first kappa shape index (κ1) is 12.0. The monoisotopic (exact) mass is 199 g/mol. The van der Waals surface area contributed by atoms with E-state index >= 15 is 0 Å². The summed E-state index contributed by atoms with van der Waals surface area (Å²) in [5.41, 5.74) is 0. The molecule has 2 nitrogen and oxygen atoms in total. The van der Waals surface area contributed by atoms with Crippen LogP contribution in [0.25, 0.3) is 0 Å². The lowest BCUT2D eigenvalue weighted by atomic mass is 9.81. The minimum atomic E-state index is 0.594. The second-order valence-electron chi connectivity index (χ2n) is 4.36. The van der Waals surface area contributed by atoms with Gasteiger partial charge in [-0.2, -0.15) is 0 Å². The van der Waals surface area contributed by atoms with E-state index < -0.39 is 0 Å². The van der Waals surface area contributed by atoms with Gasteiger partial charge in [0.2, 0.25) is 0 Å². The zero-order chi connectivity index (χ0) is 10.2. The van der Waals surface area contributed by atoms with Gasteiger partial charge in [0, 0.05) is 12.6 Å². The lowest BCUT2D eigenvalue weighted by Crippen LogP contribution is -2.36. The van der Waals surface area contributed by atoms with Crippen molar-refractivity contribution in [2.24, 2.45) is 5.92 Å². The lowest BCUT2D eigenvalue weighted by Gasteiger charge is -2.30. The molecule has 84 valence electrons. The van der Waals surface area contributed by atoms with Crippen LogP contribution in [0, 0.1) is 5.92 Å². The van der Waals surface area contributed by atoms with Crippen molar-refractivity contribution >= 4 is 0 Å². The Labute approximate surface area is 88.4 Å². The third-order valence-electron chi connectivity index (χ3n) is 3.00. The number of hydrogen-bond donors (Lipinski definition) is 1. The van der Waals surface area contributed by atoms with Crippen LogP contribution in [0.15, 0.2) is 0 Å². The summed E-state index contributed by atoms with van der Waals surface area (Å²) in [5, 5.41) is 3.52. The van der Waals surface area contributed by atoms with E-state index in [0.717, 1.165) is 32.1 Å². The van der Waals surface area contributed by atoms with Gasteiger partial charge < -0.3 is 10.1 Å². The van der Waals surface area contributed by atoms with Gasteiger partial charge in [-0.15, -0.1) is 0 Å². The van der Waals surface area contributed by atoms with Gasteiger partial charge in [-0.3, -0.25) is 0 Å². The Balaban J connectivity index is 2.09. The van der Waals surface area contributed by atoms with Crippen molar-refractivity contribution in [3.8, 4) is 0 Å². The molecule has 0 heterocycles. The van der Waals surface area contributed by atoms with E-state index in [4.69, 9.17) is 4.74 Å². The Kier molecular flexibility index (Phi) is 6.20. The summed E-state index contributed by atoms with van der Waals surface area (Å²) in [6.45, 7) is 7.21. The van der Waals surface area contributed by atoms with Crippen LogP contribution in [0.4, 0.5) is 0 Å². The molecule has 1 aliphatic rings. The highest BCUT2D eigenvalue weighted by Crippen LogP contribution is 2.30. The van der Waals surface area contributed by atoms with Gasteiger partial charge in [0.25, 0.3) is 0 Å². The smallest absolute Gasteiger partial charge is 0.0619 e. The number of nitrogens with one attached hydrogen (secondary N) is 1. The van der Waals surface area contributed by atoms with E-state index in [1.54, 1.807) is 0 Å². The number of ether oxygens (including phenoxy) is 1. The fraction of sp³-hybridized carbons (Fsp3) is 1.00. The molecule has 0 aromatic heterocycles. The topological polar surface area (TPSA) is 21.3 Å². The SMILES string of the molecule is CCCOCC(CC1CCC1)NCC. The van der Waals surface area contributed by atoms with E-state index in [2.05, 4.69) is 19.2 Å². The highest BCUT2D eigenvalue weighted by molar-refractivity contribution is 4.76. The number of rotatable bonds is 8. The van der Waals surface area contributed by atoms with Crippen LogP contribution < -0.4 is 5.32 Å². The predicted molar refractivity (Wildman–Crippen MR) is 60.5 cm³/mol. The van der Waals surface area contributed by atoms with Gasteiger partial charge in [0.05, 0.1) is 6.61 Å². The van der Waals surface area contributed by atoms with Crippen molar-refractivity contribution in [2.45, 2.75) is 52.0 Å². The molecule has 1 saturated carbocycles. The molecular weight excluding hydrogens is 174 g/mol. The van der Waals surface area contributed by atoms with Gasteiger partial charge in [-0.05, 0) is 25.3 Å². The Bertz CT molecular complexity index is 134. The molecule has 1 rings (SSSR count). The van der Waals surface area contributed by atoms with E-state index in [0.29, 0.717) is 6.04 Å². The van der Waals surface area contributed by atoms with Crippen molar-refractivity contribution in [1.82, 2.24) is 5.32 Å². The summed E-state index contributed by atoms with van der Waals surface area (Å²) in [4.78, 5) is 0. The zero-order valence-electron chi connectivity index (χ0n) is 9.72. The quantitative estimate of drug-likeness (QED) is 0.607. The van der Waals surface area contributed by atoms with E-state index in [1.807, 2.05) is 0 Å². The summed E-state index contributed by atoms with van der Waals surface area (Å²) in [6.07, 6.45) is 6.77. The van der Waals surface area contributed by atoms with Crippen LogP contribution in [-0.4, -0.2) is 25.8 Å². The van der Waals surface area contributed by atoms with E-state index in [-0.39, 0.29) is 0 Å². The third kappa shape index (κ3) is 4.43. The first-order valence-electron chi connectivity index (χ1n) is 6.18. The molecule has 2 heteroatoms. The average Bonchev–Trinajstić information content (AvgIpc) is 2.11. The molecule has 0 saturated heterocycles. The first-order valence-corrected chi connectivity index (χ1v) is 6.18. The maximum Gasteiger partial charge on any atom is 0.0619 e. The fourth-order valence-electron chi connectivity index (χ4n) is 2.00. The first-order chi connectivity index (χ1) is 6.86. The van der Waals surface area contributed by atoms with Crippen LogP contribution in [-0.2, 0) is 4.74 Å². The van der Waals surface area contributed by atoms with Crippen molar-refractivity contribution < 1.29 is 4.74 Å². The van der Waals surface area contributed by atoms with Gasteiger partial charge in [-0.25, -0.2) is 0 Å². The lowest BCUT2D eigenvalue weighted by molar-refractivity contribution is 0.0977. The Morgan fingerprint density at radius 1 is 1.36 bits per heavy atom. The van der Waals surface area contributed by atoms with Crippen LogP contribution in [0.5, 0.6) is 0 Å². The summed E-state index contributed by atoms with van der Waals surface area (Å²) in [6, 6.07) is 0.594. The second kappa shape index (κ2) is 7.24. The van der Waals surface area contributed by atoms with Crippen LogP contribution in [0.1, 0.15) is 46.0 Å². The average molecular weight is 199 g/mol. The molecule has 1 fully saturated rings. The Morgan fingerprint density at radius 2 is 2.14 bits per heavy atom. The van der Waals surface area contributed by atoms with Crippen LogP contribution >= 0.6 is 0 Å². The minimum absolute atomic E-state index is 0.594. The fourth-order valence-corrected chi connectivity index (χ4v) is 2.00. The highest BCUT2D eigenvalue weighted by Gasteiger charge is 2.21. The molecule has 1 N–H and O–H groups in total. The molecule has 1 atom stereocenters. The van der Waals surface area contributed by atoms with Crippen molar-refractivity contribution in [1.29, 1.82) is 0 Å². The summed E-state index contributed by atoms with van der Waals surface area (Å²) in [7, 11) is 0. The van der Waals surface area contributed by atoms with Gasteiger partial charge in [0.1, 0.15) is 0 Å². The van der Waals surface area contributed by atoms with Gasteiger partial charge >= 0.3 is 0 Å². The Morgan fingerprint density at radius 3 is 2.64 bits per heavy atom. The molecule has 0 bridgehead atoms. The zero-order valence-corrected chi connectivity index (χ0v) is 9.72. The largest absolute Gasteiger partial charge is 0.380 e. The van der Waals surface area contributed by atoms with Gasteiger partial charge in [0.15, 0.2) is 0 Å². The number of likely N-dealkylation sites (N-methyl/N-ethyl adjacent to an activating group) is 1. The molecule has 0 amide bonds. The van der Waals surface area contributed by atoms with Crippen LogP contribution in [0.2, 0.25) is 0 Å². The maximum atomic E-state index is 5.60. The third-order valence-corrected chi connectivity index (χ3v) is 3.00. The molecule has 0 spiro atoms. The van der Waals surface area contributed by atoms with Crippen molar-refractivity contribution in [3.63, 3.8) is 0 Å². The van der Waals surface area contributed by atoms with Gasteiger partial charge in [-0.1, -0.05) is 33.1 Å². The standard InChI is InChI=1S/C12H25NO/c1-3-8-14-10-12(13-4-2)9-11-6-5-7-11/h11-13H,3-10H2,1-2H3. The predicted octanol–water partition coefficient (Wildman–Crippen LogP) is 2.58. The molecule has 0 radical (unpaired) electrons. The molecule has 0 aliphatic heterocycles. The molecular formula is C12H25NO. The molecule has 0 aromatic carbocycles. The van der Waals surface area contributed by atoms with Crippen molar-refractivity contribution in [2.75, 3.05) is 19.8 Å². The molecule has 1 aliphatic carbocycles. The second-order valence-corrected chi connectivity index (χ2v) is 4.36. The normalized spacial score (nSPS) is 19.3. The molecule has 1 unspecified atom stereocenters. The number of hydrogen-bond acceptors (Lipinski definition) is 2. The van der Waals surface area contributed by atoms with Crippen molar-refractivity contribution in [3.05, 3.63) is 0 Å². The molecule has 14 heavy (non-hydrogen) atoms. The summed E-state index contributed by atoms with van der Waals surface area (Å²) < 4.78 is 5.60. The summed E-state index contributed by atoms with van der Waals surface area (Å²) >= 11 is 0. The highest BCUT2D eigenvalue weighted by atomic mass is 16.5. The van der Waals surface area contributed by atoms with Crippen LogP contribution in [0.3, 0.4) is 0 Å². The maximum absolute atomic E-state index is 5.60. The van der Waals surface area contributed by atoms with E-state index in [9.17, 15) is 0 Å². The minimum Gasteiger partial charge on any atom is -0.380 e. The Hall–Kier alpha value is -0.0800. The summed E-state index contributed by atoms with van der Waals surface area (Å²) in [5.74, 6) is 0.976.